The molecule has 0 amide bonds. The lowest BCUT2D eigenvalue weighted by Crippen LogP contribution is -2.03. The highest BCUT2D eigenvalue weighted by Gasteiger charge is 2.14. The van der Waals surface area contributed by atoms with Gasteiger partial charge < -0.3 is 4.74 Å². The number of aryl methyl sites for hydroxylation is 2. The van der Waals surface area contributed by atoms with Gasteiger partial charge in [0.2, 0.25) is 0 Å². The smallest absolute Gasteiger partial charge is 0.196 e. The summed E-state index contributed by atoms with van der Waals surface area (Å²) in [7, 11) is 1.65. The molecule has 5 nitrogen and oxygen atoms in total. The zero-order valence-corrected chi connectivity index (χ0v) is 16.9. The van der Waals surface area contributed by atoms with Gasteiger partial charge in [0.25, 0.3) is 0 Å². The maximum Gasteiger partial charge on any atom is 0.196 e. The number of methoxy groups -OCH3 is 1. The number of carbonyl (C=O) groups excluding carboxylic acids is 1. The lowest BCUT2D eigenvalue weighted by Gasteiger charge is -2.09. The molecule has 28 heavy (non-hydrogen) atoms. The number of ketones is 1. The molecule has 4 rings (SSSR count). The topological polar surface area (TPSA) is 56.5 Å². The molecule has 2 aromatic heterocycles. The van der Waals surface area contributed by atoms with E-state index in [4.69, 9.17) is 4.74 Å². The van der Waals surface area contributed by atoms with Gasteiger partial charge in [0, 0.05) is 17.0 Å². The molecular formula is C22H21N3O2S. The van der Waals surface area contributed by atoms with E-state index in [1.807, 2.05) is 52.9 Å². The summed E-state index contributed by atoms with van der Waals surface area (Å²) in [6.45, 7) is 4.16. The van der Waals surface area contributed by atoms with Crippen molar-refractivity contribution in [3.05, 3.63) is 65.2 Å². The van der Waals surface area contributed by atoms with Crippen LogP contribution >= 0.6 is 11.8 Å². The van der Waals surface area contributed by atoms with E-state index >= 15 is 0 Å². The highest BCUT2D eigenvalue weighted by Crippen LogP contribution is 2.28. The normalized spacial score (nSPS) is 11.2. The molecule has 2 aromatic carbocycles. The first-order chi connectivity index (χ1) is 13.6. The van der Waals surface area contributed by atoms with Crippen LogP contribution in [-0.2, 0) is 6.42 Å². The lowest BCUT2D eigenvalue weighted by molar-refractivity contribution is 0.102. The monoisotopic (exact) mass is 391 g/mol. The summed E-state index contributed by atoms with van der Waals surface area (Å²) < 4.78 is 7.38. The van der Waals surface area contributed by atoms with Gasteiger partial charge in [-0.1, -0.05) is 43.0 Å². The molecule has 0 aliphatic heterocycles. The van der Waals surface area contributed by atoms with Crippen molar-refractivity contribution in [3.8, 4) is 5.75 Å². The minimum Gasteiger partial charge on any atom is -0.497 e. The first kappa shape index (κ1) is 18.5. The number of ether oxygens (including phenoxy) is 1. The molecule has 0 aliphatic carbocycles. The molecule has 0 N–H and O–H groups in total. The summed E-state index contributed by atoms with van der Waals surface area (Å²) in [6, 6.07) is 15.8. The van der Waals surface area contributed by atoms with Gasteiger partial charge in [-0.25, -0.2) is 0 Å². The van der Waals surface area contributed by atoms with Crippen molar-refractivity contribution in [1.82, 2.24) is 14.6 Å². The quantitative estimate of drug-likeness (QED) is 0.351. The number of Topliss-reactive ketones (excluding diaryl/α,β-unsaturated/α-hetero) is 1. The fraction of sp³-hybridized carbons (Fsp3) is 0.227. The van der Waals surface area contributed by atoms with Gasteiger partial charge in [-0.15, -0.1) is 10.2 Å². The number of rotatable bonds is 6. The molecule has 0 aliphatic rings. The van der Waals surface area contributed by atoms with Crippen LogP contribution in [-0.4, -0.2) is 33.2 Å². The average Bonchev–Trinajstić information content (AvgIpc) is 3.14. The fourth-order valence-corrected chi connectivity index (χ4v) is 4.11. The summed E-state index contributed by atoms with van der Waals surface area (Å²) in [6.07, 6.45) is 0.963. The Morgan fingerprint density at radius 1 is 1.11 bits per heavy atom. The second-order valence-corrected chi connectivity index (χ2v) is 7.59. The van der Waals surface area contributed by atoms with E-state index in [9.17, 15) is 4.79 Å². The van der Waals surface area contributed by atoms with Gasteiger partial charge in [0.1, 0.15) is 5.75 Å². The molecule has 0 saturated heterocycles. The van der Waals surface area contributed by atoms with Gasteiger partial charge in [0.05, 0.1) is 18.4 Å². The molecule has 0 fully saturated rings. The van der Waals surface area contributed by atoms with Crippen molar-refractivity contribution in [2.75, 3.05) is 12.9 Å². The van der Waals surface area contributed by atoms with E-state index in [0.29, 0.717) is 10.9 Å². The highest BCUT2D eigenvalue weighted by atomic mass is 32.2. The summed E-state index contributed by atoms with van der Waals surface area (Å²) >= 11 is 1.40. The summed E-state index contributed by atoms with van der Waals surface area (Å²) in [4.78, 5) is 12.6. The Morgan fingerprint density at radius 2 is 1.89 bits per heavy atom. The van der Waals surface area contributed by atoms with Crippen LogP contribution in [0.2, 0.25) is 0 Å². The molecular weight excluding hydrogens is 370 g/mol. The molecule has 2 heterocycles. The number of nitrogens with zero attached hydrogens (tertiary/aromatic N) is 3. The van der Waals surface area contributed by atoms with Gasteiger partial charge in [0.15, 0.2) is 16.6 Å². The van der Waals surface area contributed by atoms with Crippen LogP contribution < -0.4 is 4.74 Å². The van der Waals surface area contributed by atoms with Crippen molar-refractivity contribution in [2.24, 2.45) is 0 Å². The highest BCUT2D eigenvalue weighted by molar-refractivity contribution is 7.99. The summed E-state index contributed by atoms with van der Waals surface area (Å²) in [5.41, 5.74) is 4.81. The maximum atomic E-state index is 12.6. The molecule has 0 radical (unpaired) electrons. The first-order valence-corrected chi connectivity index (χ1v) is 10.2. The van der Waals surface area contributed by atoms with Crippen LogP contribution in [0.1, 0.15) is 28.4 Å². The average molecular weight is 391 g/mol. The lowest BCUT2D eigenvalue weighted by atomic mass is 10.1. The van der Waals surface area contributed by atoms with E-state index < -0.39 is 0 Å². The van der Waals surface area contributed by atoms with E-state index in [1.165, 1.54) is 17.3 Å². The summed E-state index contributed by atoms with van der Waals surface area (Å²) in [5, 5.41) is 10.4. The number of fused-ring (bicyclic) bond motifs is 3. The summed E-state index contributed by atoms with van der Waals surface area (Å²) in [5.74, 6) is 1.17. The molecule has 4 aromatic rings. The third kappa shape index (κ3) is 3.36. The van der Waals surface area contributed by atoms with Crippen LogP contribution in [0.5, 0.6) is 5.75 Å². The van der Waals surface area contributed by atoms with Crippen LogP contribution in [0.4, 0.5) is 0 Å². The van der Waals surface area contributed by atoms with E-state index in [0.717, 1.165) is 39.8 Å². The molecule has 6 heteroatoms. The Balaban J connectivity index is 1.67. The van der Waals surface area contributed by atoms with E-state index in [2.05, 4.69) is 24.0 Å². The molecule has 0 saturated carbocycles. The predicted molar refractivity (Wildman–Crippen MR) is 113 cm³/mol. The number of carbonyl (C=O) groups is 1. The third-order valence-electron chi connectivity index (χ3n) is 4.89. The molecule has 0 atom stereocenters. The number of pyridine rings is 1. The van der Waals surface area contributed by atoms with Crippen molar-refractivity contribution in [1.29, 1.82) is 0 Å². The van der Waals surface area contributed by atoms with Gasteiger partial charge in [-0.2, -0.15) is 0 Å². The Bertz CT molecular complexity index is 1170. The van der Waals surface area contributed by atoms with Gasteiger partial charge in [-0.3, -0.25) is 9.20 Å². The number of hydrogen-bond acceptors (Lipinski definition) is 5. The number of benzene rings is 2. The molecule has 0 spiro atoms. The van der Waals surface area contributed by atoms with Crippen LogP contribution in [0.25, 0.3) is 16.6 Å². The molecule has 142 valence electrons. The number of hydrogen-bond donors (Lipinski definition) is 0. The number of aromatic nitrogens is 3. The largest absolute Gasteiger partial charge is 0.497 e. The van der Waals surface area contributed by atoms with Crippen LogP contribution in [0, 0.1) is 6.92 Å². The van der Waals surface area contributed by atoms with Crippen molar-refractivity contribution in [2.45, 2.75) is 25.4 Å². The van der Waals surface area contributed by atoms with Gasteiger partial charge >= 0.3 is 0 Å². The van der Waals surface area contributed by atoms with Crippen LogP contribution in [0.15, 0.2) is 53.7 Å². The number of thioether (sulfide) groups is 1. The van der Waals surface area contributed by atoms with E-state index in [-0.39, 0.29) is 5.78 Å². The van der Waals surface area contributed by atoms with Crippen molar-refractivity contribution >= 4 is 34.1 Å². The maximum absolute atomic E-state index is 12.6. The molecule has 0 bridgehead atoms. The minimum absolute atomic E-state index is 0.0819. The van der Waals surface area contributed by atoms with Crippen LogP contribution in [0.3, 0.4) is 0 Å². The third-order valence-corrected chi connectivity index (χ3v) is 5.82. The standard InChI is InChI=1S/C22H21N3O2S/c1-4-15-5-7-16(8-6-15)20(26)13-28-22-24-23-21-11-14(2)18-10-9-17(27-3)12-19(18)25(21)22/h5-12H,4,13H2,1-3H3. The van der Waals surface area contributed by atoms with Crippen molar-refractivity contribution in [3.63, 3.8) is 0 Å². The predicted octanol–water partition coefficient (Wildman–Crippen LogP) is 4.74. The Hall–Kier alpha value is -2.86. The zero-order valence-electron chi connectivity index (χ0n) is 16.1. The zero-order chi connectivity index (χ0) is 19.7. The first-order valence-electron chi connectivity index (χ1n) is 9.18. The SMILES string of the molecule is CCc1ccc(C(=O)CSc2nnc3cc(C)c4ccc(OC)cc4n23)cc1. The fourth-order valence-electron chi connectivity index (χ4n) is 3.26. The van der Waals surface area contributed by atoms with Gasteiger partial charge in [-0.05, 0) is 42.7 Å². The van der Waals surface area contributed by atoms with Crippen molar-refractivity contribution < 1.29 is 9.53 Å². The minimum atomic E-state index is 0.0819. The molecule has 0 unspecified atom stereocenters. The Morgan fingerprint density at radius 3 is 2.61 bits per heavy atom. The Kier molecular flexibility index (Phi) is 5.05. The second-order valence-electron chi connectivity index (χ2n) is 6.65. The second kappa shape index (κ2) is 7.64. The Labute approximate surface area is 167 Å². The van der Waals surface area contributed by atoms with E-state index in [1.54, 1.807) is 7.11 Å².